The Labute approximate surface area is 197 Å². The first-order valence-electron chi connectivity index (χ1n) is 11.1. The van der Waals surface area contributed by atoms with Gasteiger partial charge in [0, 0.05) is 36.7 Å². The van der Waals surface area contributed by atoms with Crippen molar-refractivity contribution in [2.75, 3.05) is 11.9 Å². The fourth-order valence-electron chi connectivity index (χ4n) is 4.94. The SMILES string of the molecule is O=C(c1cc(F)ccc1-c1ncccn1)N1C[C@@H]2CC[C@H]1[C@H](Nc1ncc(C(F)(F)F)cc1F)C2. The van der Waals surface area contributed by atoms with Crippen molar-refractivity contribution < 1.29 is 26.7 Å². The van der Waals surface area contributed by atoms with Crippen molar-refractivity contribution >= 4 is 11.7 Å². The largest absolute Gasteiger partial charge is 0.417 e. The molecule has 3 atom stereocenters. The van der Waals surface area contributed by atoms with E-state index in [0.717, 1.165) is 12.5 Å². The molecule has 6 rings (SSSR count). The number of fused-ring (bicyclic) bond motifs is 3. The topological polar surface area (TPSA) is 71.0 Å². The number of alkyl halides is 3. The molecule has 3 aromatic rings. The maximum atomic E-state index is 14.4. The predicted molar refractivity (Wildman–Crippen MR) is 116 cm³/mol. The summed E-state index contributed by atoms with van der Waals surface area (Å²) in [4.78, 5) is 27.2. The van der Waals surface area contributed by atoms with E-state index in [1.807, 2.05) is 0 Å². The summed E-state index contributed by atoms with van der Waals surface area (Å²) in [5.74, 6) is -2.03. The van der Waals surface area contributed by atoms with Gasteiger partial charge >= 0.3 is 6.18 Å². The summed E-state index contributed by atoms with van der Waals surface area (Å²) >= 11 is 0. The number of carbonyl (C=O) groups is 1. The van der Waals surface area contributed by atoms with Gasteiger partial charge in [0.05, 0.1) is 17.2 Å². The van der Waals surface area contributed by atoms with E-state index in [9.17, 15) is 26.7 Å². The molecule has 182 valence electrons. The Bertz CT molecular complexity index is 1250. The van der Waals surface area contributed by atoms with E-state index in [1.54, 1.807) is 11.0 Å². The van der Waals surface area contributed by atoms with Gasteiger partial charge in [-0.25, -0.2) is 23.7 Å². The van der Waals surface area contributed by atoms with Crippen molar-refractivity contribution in [1.29, 1.82) is 0 Å². The Morgan fingerprint density at radius 1 is 1.06 bits per heavy atom. The number of halogens is 5. The third kappa shape index (κ3) is 4.54. The molecule has 2 aliphatic heterocycles. The van der Waals surface area contributed by atoms with E-state index in [1.165, 1.54) is 24.5 Å². The Hall–Kier alpha value is -3.63. The van der Waals surface area contributed by atoms with Crippen LogP contribution in [0.5, 0.6) is 0 Å². The molecule has 11 heteroatoms. The zero-order valence-corrected chi connectivity index (χ0v) is 18.3. The fraction of sp³-hybridized carbons (Fsp3) is 0.333. The highest BCUT2D eigenvalue weighted by Gasteiger charge is 2.44. The van der Waals surface area contributed by atoms with Crippen LogP contribution >= 0.6 is 0 Å². The van der Waals surface area contributed by atoms with Crippen LogP contribution in [0.1, 0.15) is 35.2 Å². The number of carbonyl (C=O) groups excluding carboxylic acids is 1. The number of pyridine rings is 1. The summed E-state index contributed by atoms with van der Waals surface area (Å²) in [7, 11) is 0. The summed E-state index contributed by atoms with van der Waals surface area (Å²) in [6, 6.07) is 5.07. The van der Waals surface area contributed by atoms with Gasteiger partial charge in [-0.15, -0.1) is 0 Å². The number of hydrogen-bond acceptors (Lipinski definition) is 5. The monoisotopic (exact) mass is 489 g/mol. The molecule has 6 nitrogen and oxygen atoms in total. The molecule has 2 saturated heterocycles. The Balaban J connectivity index is 1.42. The fourth-order valence-corrected chi connectivity index (χ4v) is 4.94. The molecule has 1 saturated carbocycles. The van der Waals surface area contributed by atoms with Gasteiger partial charge in [-0.3, -0.25) is 4.79 Å². The average Bonchev–Trinajstić information content (AvgIpc) is 2.85. The lowest BCUT2D eigenvalue weighted by atomic mass is 9.76. The van der Waals surface area contributed by atoms with Gasteiger partial charge < -0.3 is 10.2 Å². The van der Waals surface area contributed by atoms with E-state index in [2.05, 4.69) is 20.3 Å². The number of nitrogens with zero attached hydrogens (tertiary/aromatic N) is 4. The second-order valence-corrected chi connectivity index (χ2v) is 8.77. The molecule has 0 unspecified atom stereocenters. The van der Waals surface area contributed by atoms with Crippen molar-refractivity contribution in [2.24, 2.45) is 5.92 Å². The summed E-state index contributed by atoms with van der Waals surface area (Å²) in [5, 5.41) is 2.91. The van der Waals surface area contributed by atoms with E-state index in [-0.39, 0.29) is 29.2 Å². The van der Waals surface area contributed by atoms with Crippen LogP contribution in [0.25, 0.3) is 11.4 Å². The smallest absolute Gasteiger partial charge is 0.363 e. The Morgan fingerprint density at radius 2 is 1.83 bits per heavy atom. The molecule has 3 fully saturated rings. The van der Waals surface area contributed by atoms with Crippen LogP contribution < -0.4 is 5.32 Å². The van der Waals surface area contributed by atoms with Crippen molar-refractivity contribution in [3.8, 4) is 11.4 Å². The van der Waals surface area contributed by atoms with Gasteiger partial charge in [0.25, 0.3) is 5.91 Å². The first kappa shape index (κ1) is 23.1. The second kappa shape index (κ2) is 8.86. The van der Waals surface area contributed by atoms with Crippen molar-refractivity contribution in [1.82, 2.24) is 19.9 Å². The normalized spacial score (nSPS) is 21.7. The van der Waals surface area contributed by atoms with Gasteiger partial charge in [-0.2, -0.15) is 13.2 Å². The zero-order chi connectivity index (χ0) is 24.7. The van der Waals surface area contributed by atoms with Crippen LogP contribution in [0.3, 0.4) is 0 Å². The highest BCUT2D eigenvalue weighted by Crippen LogP contribution is 2.39. The first-order chi connectivity index (χ1) is 16.7. The molecular formula is C24H20F5N5O. The molecule has 2 bridgehead atoms. The summed E-state index contributed by atoms with van der Waals surface area (Å²) in [6.07, 6.45) is 0.992. The molecule has 35 heavy (non-hydrogen) atoms. The Morgan fingerprint density at radius 3 is 2.51 bits per heavy atom. The summed E-state index contributed by atoms with van der Waals surface area (Å²) in [5.41, 5.74) is -0.677. The van der Waals surface area contributed by atoms with Gasteiger partial charge in [-0.05, 0) is 55.5 Å². The quantitative estimate of drug-likeness (QED) is 0.526. The molecule has 1 aromatic carbocycles. The van der Waals surface area contributed by atoms with Gasteiger partial charge in [-0.1, -0.05) is 0 Å². The lowest BCUT2D eigenvalue weighted by Gasteiger charge is -2.50. The number of hydrogen-bond donors (Lipinski definition) is 1. The number of rotatable bonds is 4. The van der Waals surface area contributed by atoms with Crippen LogP contribution in [-0.2, 0) is 6.18 Å². The third-order valence-electron chi connectivity index (χ3n) is 6.55. The average molecular weight is 489 g/mol. The van der Waals surface area contributed by atoms with Crippen molar-refractivity contribution in [3.05, 3.63) is 71.7 Å². The number of amides is 1. The Kier molecular flexibility index (Phi) is 5.86. The molecule has 1 aliphatic carbocycles. The number of benzene rings is 1. The van der Waals surface area contributed by atoms with E-state index in [0.29, 0.717) is 37.2 Å². The maximum absolute atomic E-state index is 14.4. The molecule has 1 N–H and O–H groups in total. The molecule has 3 aliphatic rings. The van der Waals surface area contributed by atoms with Crippen molar-refractivity contribution in [2.45, 2.75) is 37.5 Å². The highest BCUT2D eigenvalue weighted by atomic mass is 19.4. The molecule has 0 spiro atoms. The lowest BCUT2D eigenvalue weighted by Crippen LogP contribution is -2.60. The van der Waals surface area contributed by atoms with Crippen LogP contribution in [0.2, 0.25) is 0 Å². The number of nitrogens with one attached hydrogen (secondary N) is 1. The summed E-state index contributed by atoms with van der Waals surface area (Å²) in [6.45, 7) is 0.441. The molecule has 4 heterocycles. The first-order valence-corrected chi connectivity index (χ1v) is 11.1. The number of piperidine rings is 2. The second-order valence-electron chi connectivity index (χ2n) is 8.77. The number of aromatic nitrogens is 3. The van der Waals surface area contributed by atoms with Crippen LogP contribution in [0.15, 0.2) is 48.9 Å². The van der Waals surface area contributed by atoms with E-state index >= 15 is 0 Å². The number of anilines is 1. The minimum atomic E-state index is -4.70. The van der Waals surface area contributed by atoms with E-state index in [4.69, 9.17) is 0 Å². The molecule has 1 amide bonds. The van der Waals surface area contributed by atoms with Gasteiger partial charge in [0.1, 0.15) is 5.82 Å². The van der Waals surface area contributed by atoms with Crippen molar-refractivity contribution in [3.63, 3.8) is 0 Å². The van der Waals surface area contributed by atoms with Gasteiger partial charge in [0.2, 0.25) is 0 Å². The standard InChI is InChI=1S/C24H20F5N5O/c25-15-3-4-16(21-30-6-1-7-31-21)17(10-15)23(35)34-12-13-2-5-20(34)19(8-13)33-22-18(26)9-14(11-32-22)24(27,28)29/h1,3-4,6-7,9-11,13,19-20H,2,5,8,12H2,(H,32,33)/t13-,19-,20+/m1/s1. The van der Waals surface area contributed by atoms with E-state index < -0.39 is 35.3 Å². The highest BCUT2D eigenvalue weighted by molar-refractivity contribution is 6.00. The van der Waals surface area contributed by atoms with Crippen LogP contribution in [0, 0.1) is 17.6 Å². The third-order valence-corrected chi connectivity index (χ3v) is 6.55. The maximum Gasteiger partial charge on any atom is 0.417 e. The molecular weight excluding hydrogens is 469 g/mol. The molecule has 2 aromatic heterocycles. The molecule has 0 radical (unpaired) electrons. The lowest BCUT2D eigenvalue weighted by molar-refractivity contribution is -0.138. The minimum absolute atomic E-state index is 0.101. The summed E-state index contributed by atoms with van der Waals surface area (Å²) < 4.78 is 67.1. The van der Waals surface area contributed by atoms with Crippen LogP contribution in [-0.4, -0.2) is 44.4 Å². The predicted octanol–water partition coefficient (Wildman–Crippen LogP) is 4.94. The minimum Gasteiger partial charge on any atom is -0.363 e. The van der Waals surface area contributed by atoms with Crippen LogP contribution in [0.4, 0.5) is 27.8 Å². The van der Waals surface area contributed by atoms with Gasteiger partial charge in [0.15, 0.2) is 17.5 Å². The zero-order valence-electron chi connectivity index (χ0n) is 18.3.